The van der Waals surface area contributed by atoms with Crippen LogP contribution in [0.15, 0.2) is 12.1 Å². The van der Waals surface area contributed by atoms with Crippen molar-refractivity contribution in [2.24, 2.45) is 0 Å². The van der Waals surface area contributed by atoms with E-state index >= 15 is 0 Å². The quantitative estimate of drug-likeness (QED) is 0.868. The fourth-order valence-electron chi connectivity index (χ4n) is 1.61. The normalized spacial score (nSPS) is 12.6. The molecule has 0 amide bonds. The van der Waals surface area contributed by atoms with E-state index < -0.39 is 6.43 Å². The molecule has 0 fully saturated rings. The fraction of sp³-hybridized carbons (Fsp3) is 0.500. The van der Waals surface area contributed by atoms with Gasteiger partial charge in [0.05, 0.1) is 14.2 Å². The lowest BCUT2D eigenvalue weighted by atomic mass is 9.98. The summed E-state index contributed by atoms with van der Waals surface area (Å²) in [6.45, 7) is 1.58. The average molecular weight is 246 g/mol. The van der Waals surface area contributed by atoms with Gasteiger partial charge in [-0.3, -0.25) is 0 Å². The van der Waals surface area contributed by atoms with Gasteiger partial charge in [-0.1, -0.05) is 6.92 Å². The molecule has 3 nitrogen and oxygen atoms in total. The van der Waals surface area contributed by atoms with E-state index in [-0.39, 0.29) is 23.8 Å². The molecule has 0 aliphatic heterocycles. The lowest BCUT2D eigenvalue weighted by Crippen LogP contribution is -2.05. The molecule has 5 heteroatoms. The Morgan fingerprint density at radius 2 is 1.88 bits per heavy atom. The topological polar surface area (TPSA) is 38.7 Å². The summed E-state index contributed by atoms with van der Waals surface area (Å²) in [5.41, 5.74) is 0.377. The Kier molecular flexibility index (Phi) is 4.69. The maximum atomic E-state index is 12.7. The Balaban J connectivity index is 3.37. The zero-order valence-electron chi connectivity index (χ0n) is 10.0. The smallest absolute Gasteiger partial charge is 0.263 e. The standard InChI is InChI=1S/C12H16F2O3/c1-7(6-15)9-4-8(12(13)14)5-10(16-2)11(9)17-3/h4-5,7,12,15H,6H2,1-3H3. The fourth-order valence-corrected chi connectivity index (χ4v) is 1.61. The van der Waals surface area contributed by atoms with Crippen molar-refractivity contribution in [2.75, 3.05) is 20.8 Å². The number of aliphatic hydroxyl groups is 1. The van der Waals surface area contributed by atoms with Gasteiger partial charge in [-0.15, -0.1) is 0 Å². The molecular formula is C12H16F2O3. The summed E-state index contributed by atoms with van der Waals surface area (Å²) in [7, 11) is 2.83. The highest BCUT2D eigenvalue weighted by molar-refractivity contribution is 5.51. The lowest BCUT2D eigenvalue weighted by molar-refractivity contribution is 0.150. The molecule has 1 rings (SSSR count). The van der Waals surface area contributed by atoms with Gasteiger partial charge >= 0.3 is 0 Å². The van der Waals surface area contributed by atoms with E-state index in [9.17, 15) is 8.78 Å². The first-order chi connectivity index (χ1) is 8.04. The van der Waals surface area contributed by atoms with E-state index in [4.69, 9.17) is 14.6 Å². The van der Waals surface area contributed by atoms with Crippen molar-refractivity contribution >= 4 is 0 Å². The van der Waals surface area contributed by atoms with Gasteiger partial charge in [-0.25, -0.2) is 8.78 Å². The van der Waals surface area contributed by atoms with E-state index in [1.165, 1.54) is 26.4 Å². The van der Waals surface area contributed by atoms with Crippen molar-refractivity contribution in [1.29, 1.82) is 0 Å². The maximum absolute atomic E-state index is 12.7. The highest BCUT2D eigenvalue weighted by atomic mass is 19.3. The molecule has 1 unspecified atom stereocenters. The molecule has 1 atom stereocenters. The summed E-state index contributed by atoms with van der Waals surface area (Å²) < 4.78 is 35.6. The van der Waals surface area contributed by atoms with E-state index in [0.29, 0.717) is 11.3 Å². The third-order valence-electron chi connectivity index (χ3n) is 2.59. The first-order valence-corrected chi connectivity index (χ1v) is 5.20. The first kappa shape index (κ1) is 13.7. The molecule has 0 aromatic heterocycles. The molecule has 0 aliphatic carbocycles. The van der Waals surface area contributed by atoms with Crippen molar-refractivity contribution < 1.29 is 23.4 Å². The van der Waals surface area contributed by atoms with Crippen LogP contribution in [0.2, 0.25) is 0 Å². The van der Waals surface area contributed by atoms with Crippen LogP contribution in [0.3, 0.4) is 0 Å². The van der Waals surface area contributed by atoms with E-state index in [1.807, 2.05) is 0 Å². The zero-order valence-corrected chi connectivity index (χ0v) is 10.0. The van der Waals surface area contributed by atoms with Gasteiger partial charge < -0.3 is 14.6 Å². The largest absolute Gasteiger partial charge is 0.493 e. The second-order valence-electron chi connectivity index (χ2n) is 3.73. The average Bonchev–Trinajstić information content (AvgIpc) is 2.35. The summed E-state index contributed by atoms with van der Waals surface area (Å²) in [6, 6.07) is 2.59. The molecule has 0 heterocycles. The number of alkyl halides is 2. The van der Waals surface area contributed by atoms with Gasteiger partial charge in [0.25, 0.3) is 6.43 Å². The molecule has 17 heavy (non-hydrogen) atoms. The van der Waals surface area contributed by atoms with Crippen molar-refractivity contribution in [2.45, 2.75) is 19.3 Å². The predicted octanol–water partition coefficient (Wildman–Crippen LogP) is 2.74. The number of halogens is 2. The van der Waals surface area contributed by atoms with Gasteiger partial charge in [-0.2, -0.15) is 0 Å². The van der Waals surface area contributed by atoms with Crippen molar-refractivity contribution in [3.8, 4) is 11.5 Å². The van der Waals surface area contributed by atoms with Crippen LogP contribution in [0.25, 0.3) is 0 Å². The maximum Gasteiger partial charge on any atom is 0.263 e. The monoisotopic (exact) mass is 246 g/mol. The van der Waals surface area contributed by atoms with Crippen LogP contribution in [0, 0.1) is 0 Å². The Morgan fingerprint density at radius 1 is 1.24 bits per heavy atom. The summed E-state index contributed by atoms with van der Waals surface area (Å²) in [5.74, 6) is 0.344. The molecule has 96 valence electrons. The molecule has 1 N–H and O–H groups in total. The Morgan fingerprint density at radius 3 is 2.29 bits per heavy atom. The van der Waals surface area contributed by atoms with Gasteiger partial charge in [0, 0.05) is 23.7 Å². The summed E-state index contributed by atoms with van der Waals surface area (Å²) in [6.07, 6.45) is -2.58. The Bertz CT molecular complexity index is 380. The molecule has 0 saturated carbocycles. The van der Waals surface area contributed by atoms with E-state index in [1.54, 1.807) is 6.92 Å². The number of hydrogen-bond donors (Lipinski definition) is 1. The van der Waals surface area contributed by atoms with Crippen molar-refractivity contribution in [3.05, 3.63) is 23.3 Å². The molecule has 0 saturated heterocycles. The number of rotatable bonds is 5. The second kappa shape index (κ2) is 5.82. The minimum absolute atomic E-state index is 0.141. The minimum Gasteiger partial charge on any atom is -0.493 e. The number of hydrogen-bond acceptors (Lipinski definition) is 3. The number of ether oxygens (including phenoxy) is 2. The van der Waals surface area contributed by atoms with Crippen LogP contribution in [0.5, 0.6) is 11.5 Å². The summed E-state index contributed by atoms with van der Waals surface area (Å²) >= 11 is 0. The molecule has 0 aliphatic rings. The van der Waals surface area contributed by atoms with Crippen LogP contribution >= 0.6 is 0 Å². The molecule has 1 aromatic carbocycles. The van der Waals surface area contributed by atoms with E-state index in [2.05, 4.69) is 0 Å². The van der Waals surface area contributed by atoms with Crippen LogP contribution in [0.4, 0.5) is 8.78 Å². The summed E-state index contributed by atoms with van der Waals surface area (Å²) in [4.78, 5) is 0. The van der Waals surface area contributed by atoms with Gasteiger partial charge in [-0.05, 0) is 12.1 Å². The molecule has 1 aromatic rings. The predicted molar refractivity (Wildman–Crippen MR) is 60.0 cm³/mol. The highest BCUT2D eigenvalue weighted by Gasteiger charge is 2.20. The van der Waals surface area contributed by atoms with Crippen LogP contribution in [-0.2, 0) is 0 Å². The third-order valence-corrected chi connectivity index (χ3v) is 2.59. The second-order valence-corrected chi connectivity index (χ2v) is 3.73. The van der Waals surface area contributed by atoms with Gasteiger partial charge in [0.15, 0.2) is 11.5 Å². The SMILES string of the molecule is COc1cc(C(F)F)cc(C(C)CO)c1OC. The van der Waals surface area contributed by atoms with Crippen molar-refractivity contribution in [1.82, 2.24) is 0 Å². The number of aliphatic hydroxyl groups excluding tert-OH is 1. The van der Waals surface area contributed by atoms with Crippen LogP contribution in [0.1, 0.15) is 30.4 Å². The molecule has 0 bridgehead atoms. The first-order valence-electron chi connectivity index (χ1n) is 5.20. The summed E-state index contributed by atoms with van der Waals surface area (Å²) in [5, 5.41) is 9.12. The van der Waals surface area contributed by atoms with Gasteiger partial charge in [0.1, 0.15) is 0 Å². The Labute approximate surface area is 99.0 Å². The Hall–Kier alpha value is -1.36. The van der Waals surface area contributed by atoms with Gasteiger partial charge in [0.2, 0.25) is 0 Å². The molecule has 0 spiro atoms. The number of methoxy groups -OCH3 is 2. The molecular weight excluding hydrogens is 230 g/mol. The third kappa shape index (κ3) is 2.85. The number of benzene rings is 1. The van der Waals surface area contributed by atoms with E-state index in [0.717, 1.165) is 0 Å². The highest BCUT2D eigenvalue weighted by Crippen LogP contribution is 2.39. The van der Waals surface area contributed by atoms with Crippen LogP contribution in [-0.4, -0.2) is 25.9 Å². The van der Waals surface area contributed by atoms with Crippen molar-refractivity contribution in [3.63, 3.8) is 0 Å². The lowest BCUT2D eigenvalue weighted by Gasteiger charge is -2.18. The van der Waals surface area contributed by atoms with Crippen LogP contribution < -0.4 is 9.47 Å². The minimum atomic E-state index is -2.58. The zero-order chi connectivity index (χ0) is 13.0. The molecule has 0 radical (unpaired) electrons.